The summed E-state index contributed by atoms with van der Waals surface area (Å²) in [7, 11) is 2.96. The number of methoxy groups -OCH3 is 2. The van der Waals surface area contributed by atoms with Crippen molar-refractivity contribution >= 4 is 28.3 Å². The van der Waals surface area contributed by atoms with Gasteiger partial charge in [0.1, 0.15) is 16.0 Å². The fourth-order valence-electron chi connectivity index (χ4n) is 2.75. The van der Waals surface area contributed by atoms with Crippen LogP contribution in [0.25, 0.3) is 0 Å². The maximum absolute atomic E-state index is 13.1. The molecule has 24 heavy (non-hydrogen) atoms. The number of halogens is 5. The Kier molecular flexibility index (Phi) is 8.11. The molecule has 1 aliphatic rings. The van der Waals surface area contributed by atoms with Crippen molar-refractivity contribution in [2.75, 3.05) is 40.4 Å². The molecular formula is C15H21BrClF3N2O2. The van der Waals surface area contributed by atoms with Gasteiger partial charge in [0.2, 0.25) is 0 Å². The third-order valence-corrected chi connectivity index (χ3v) is 4.65. The van der Waals surface area contributed by atoms with Crippen molar-refractivity contribution in [3.05, 3.63) is 22.2 Å². The molecule has 1 aliphatic heterocycles. The molecule has 0 amide bonds. The fraction of sp³-hybridized carbons (Fsp3) is 0.600. The minimum atomic E-state index is -4.25. The van der Waals surface area contributed by atoms with Gasteiger partial charge in [-0.3, -0.25) is 4.90 Å². The SMILES string of the molecule is COc1cc([C@@H](CC(F)(F)F)N2CCNCC2)cc(OC)c1Br.Cl. The summed E-state index contributed by atoms with van der Waals surface area (Å²) in [6.45, 7) is 2.50. The third kappa shape index (κ3) is 5.40. The number of nitrogens with zero attached hydrogens (tertiary/aromatic N) is 1. The van der Waals surface area contributed by atoms with E-state index in [1.54, 1.807) is 12.1 Å². The molecule has 1 saturated heterocycles. The Morgan fingerprint density at radius 2 is 1.67 bits per heavy atom. The summed E-state index contributed by atoms with van der Waals surface area (Å²) in [5.41, 5.74) is 0.543. The summed E-state index contributed by atoms with van der Waals surface area (Å²) in [4.78, 5) is 1.85. The fourth-order valence-corrected chi connectivity index (χ4v) is 3.31. The van der Waals surface area contributed by atoms with E-state index >= 15 is 0 Å². The summed E-state index contributed by atoms with van der Waals surface area (Å²) < 4.78 is 50.3. The second-order valence-electron chi connectivity index (χ2n) is 5.36. The minimum Gasteiger partial charge on any atom is -0.495 e. The summed E-state index contributed by atoms with van der Waals surface area (Å²) in [6, 6.07) is 2.53. The van der Waals surface area contributed by atoms with Crippen molar-refractivity contribution in [1.29, 1.82) is 0 Å². The molecule has 9 heteroatoms. The van der Waals surface area contributed by atoms with Gasteiger partial charge >= 0.3 is 6.18 Å². The number of piperazine rings is 1. The average molecular weight is 434 g/mol. The summed E-state index contributed by atoms with van der Waals surface area (Å²) in [5.74, 6) is 0.920. The van der Waals surface area contributed by atoms with Crippen LogP contribution in [0.5, 0.6) is 11.5 Å². The van der Waals surface area contributed by atoms with E-state index in [0.717, 1.165) is 0 Å². The number of ether oxygens (including phenoxy) is 2. The Balaban J connectivity index is 0.00000288. The Morgan fingerprint density at radius 1 is 1.17 bits per heavy atom. The molecule has 1 N–H and O–H groups in total. The first-order chi connectivity index (χ1) is 10.9. The molecule has 1 aromatic carbocycles. The van der Waals surface area contributed by atoms with E-state index < -0.39 is 18.6 Å². The topological polar surface area (TPSA) is 33.7 Å². The third-order valence-electron chi connectivity index (χ3n) is 3.87. The van der Waals surface area contributed by atoms with Crippen LogP contribution in [0.2, 0.25) is 0 Å². The Bertz CT molecular complexity index is 515. The smallest absolute Gasteiger partial charge is 0.390 e. The lowest BCUT2D eigenvalue weighted by atomic mass is 10.00. The molecule has 0 bridgehead atoms. The van der Waals surface area contributed by atoms with Crippen molar-refractivity contribution in [2.45, 2.75) is 18.6 Å². The zero-order valence-electron chi connectivity index (χ0n) is 13.5. The lowest BCUT2D eigenvalue weighted by molar-refractivity contribution is -0.148. The highest BCUT2D eigenvalue weighted by Gasteiger charge is 2.36. The lowest BCUT2D eigenvalue weighted by Crippen LogP contribution is -2.46. The van der Waals surface area contributed by atoms with Crippen molar-refractivity contribution in [2.24, 2.45) is 0 Å². The van der Waals surface area contributed by atoms with E-state index in [1.807, 2.05) is 4.90 Å². The maximum atomic E-state index is 13.1. The highest BCUT2D eigenvalue weighted by molar-refractivity contribution is 9.10. The van der Waals surface area contributed by atoms with Crippen LogP contribution in [0, 0.1) is 0 Å². The first-order valence-corrected chi connectivity index (χ1v) is 8.08. The second-order valence-corrected chi connectivity index (χ2v) is 6.15. The molecule has 0 aromatic heterocycles. The summed E-state index contributed by atoms with van der Waals surface area (Å²) >= 11 is 3.35. The molecular weight excluding hydrogens is 413 g/mol. The van der Waals surface area contributed by atoms with E-state index in [9.17, 15) is 13.2 Å². The highest BCUT2D eigenvalue weighted by Crippen LogP contribution is 2.41. The normalized spacial score (nSPS) is 17.1. The second kappa shape index (κ2) is 9.12. The van der Waals surface area contributed by atoms with Gasteiger partial charge in [0.15, 0.2) is 0 Å². The number of alkyl halides is 3. The van der Waals surface area contributed by atoms with Crippen molar-refractivity contribution < 1.29 is 22.6 Å². The number of nitrogens with one attached hydrogen (secondary N) is 1. The predicted octanol–water partition coefficient (Wildman–Crippen LogP) is 3.79. The van der Waals surface area contributed by atoms with E-state index in [4.69, 9.17) is 9.47 Å². The number of hydrogen-bond donors (Lipinski definition) is 1. The zero-order valence-corrected chi connectivity index (χ0v) is 15.9. The molecule has 138 valence electrons. The van der Waals surface area contributed by atoms with E-state index in [-0.39, 0.29) is 12.4 Å². The van der Waals surface area contributed by atoms with E-state index in [0.29, 0.717) is 47.7 Å². The predicted molar refractivity (Wildman–Crippen MR) is 92.3 cm³/mol. The molecule has 0 aliphatic carbocycles. The number of rotatable bonds is 5. The summed E-state index contributed by atoms with van der Waals surface area (Å²) in [6.07, 6.45) is -5.15. The molecule has 1 fully saturated rings. The van der Waals surface area contributed by atoms with Gasteiger partial charge in [0.05, 0.1) is 20.6 Å². The van der Waals surface area contributed by atoms with Crippen LogP contribution in [-0.2, 0) is 0 Å². The molecule has 0 radical (unpaired) electrons. The molecule has 4 nitrogen and oxygen atoms in total. The van der Waals surface area contributed by atoms with E-state index in [1.165, 1.54) is 14.2 Å². The number of hydrogen-bond acceptors (Lipinski definition) is 4. The molecule has 0 saturated carbocycles. The van der Waals surface area contributed by atoms with Gasteiger partial charge in [-0.1, -0.05) is 0 Å². The Labute approximate surface area is 154 Å². The Morgan fingerprint density at radius 3 is 2.08 bits per heavy atom. The summed E-state index contributed by atoms with van der Waals surface area (Å²) in [5, 5.41) is 3.16. The van der Waals surface area contributed by atoms with Crippen LogP contribution in [0.1, 0.15) is 18.0 Å². The minimum absolute atomic E-state index is 0. The maximum Gasteiger partial charge on any atom is 0.390 e. The molecule has 0 unspecified atom stereocenters. The van der Waals surface area contributed by atoms with Crippen LogP contribution in [0.15, 0.2) is 16.6 Å². The monoisotopic (exact) mass is 432 g/mol. The van der Waals surface area contributed by atoms with Gasteiger partial charge in [-0.25, -0.2) is 0 Å². The van der Waals surface area contributed by atoms with Crippen molar-refractivity contribution in [3.8, 4) is 11.5 Å². The van der Waals surface area contributed by atoms with Gasteiger partial charge in [-0.15, -0.1) is 12.4 Å². The quantitative estimate of drug-likeness (QED) is 0.766. The van der Waals surface area contributed by atoms with Crippen LogP contribution >= 0.6 is 28.3 Å². The van der Waals surface area contributed by atoms with Crippen LogP contribution in [0.3, 0.4) is 0 Å². The van der Waals surface area contributed by atoms with E-state index in [2.05, 4.69) is 21.2 Å². The molecule has 2 rings (SSSR count). The molecule has 1 heterocycles. The van der Waals surface area contributed by atoms with Crippen LogP contribution < -0.4 is 14.8 Å². The van der Waals surface area contributed by atoms with Crippen molar-refractivity contribution in [1.82, 2.24) is 10.2 Å². The van der Waals surface area contributed by atoms with Gasteiger partial charge in [0, 0.05) is 32.2 Å². The molecule has 1 aromatic rings. The van der Waals surface area contributed by atoms with Gasteiger partial charge in [0.25, 0.3) is 0 Å². The molecule has 0 spiro atoms. The first-order valence-electron chi connectivity index (χ1n) is 7.28. The van der Waals surface area contributed by atoms with Gasteiger partial charge < -0.3 is 14.8 Å². The lowest BCUT2D eigenvalue weighted by Gasteiger charge is -2.36. The average Bonchev–Trinajstić information content (AvgIpc) is 2.53. The van der Waals surface area contributed by atoms with Gasteiger partial charge in [-0.05, 0) is 33.6 Å². The van der Waals surface area contributed by atoms with Crippen LogP contribution in [0.4, 0.5) is 13.2 Å². The number of benzene rings is 1. The highest BCUT2D eigenvalue weighted by atomic mass is 79.9. The largest absolute Gasteiger partial charge is 0.495 e. The molecule has 1 atom stereocenters. The standard InChI is InChI=1S/C15H20BrF3N2O2.ClH/c1-22-12-7-10(8-13(23-2)14(12)16)11(9-15(17,18)19)21-5-3-20-4-6-21;/h7-8,11,20H,3-6,9H2,1-2H3;1H/t11-;/m1./s1. The zero-order chi connectivity index (χ0) is 17.0. The first kappa shape index (κ1) is 21.3. The Hall–Kier alpha value is -0.700. The van der Waals surface area contributed by atoms with Crippen molar-refractivity contribution in [3.63, 3.8) is 0 Å². The van der Waals surface area contributed by atoms with Gasteiger partial charge in [-0.2, -0.15) is 13.2 Å². The van der Waals surface area contributed by atoms with Crippen LogP contribution in [-0.4, -0.2) is 51.5 Å².